The van der Waals surface area contributed by atoms with Gasteiger partial charge in [0.25, 0.3) is 0 Å². The lowest BCUT2D eigenvalue weighted by molar-refractivity contribution is 0.405. The minimum Gasteiger partial charge on any atom is -0.357 e. The van der Waals surface area contributed by atoms with Crippen LogP contribution in [0.5, 0.6) is 0 Å². The number of piperidine rings is 1. The van der Waals surface area contributed by atoms with E-state index in [0.29, 0.717) is 6.04 Å². The number of hydrogen-bond acceptors (Lipinski definition) is 1. The van der Waals surface area contributed by atoms with E-state index >= 15 is 0 Å². The summed E-state index contributed by atoms with van der Waals surface area (Å²) in [6.45, 7) is 7.80. The van der Waals surface area contributed by atoms with E-state index in [4.69, 9.17) is 0 Å². The lowest BCUT2D eigenvalue weighted by Gasteiger charge is -2.23. The Bertz CT molecular complexity index is 574. The average molecular weight is 242 g/mol. The van der Waals surface area contributed by atoms with Crippen molar-refractivity contribution in [1.82, 2.24) is 10.3 Å². The van der Waals surface area contributed by atoms with Crippen molar-refractivity contribution in [1.29, 1.82) is 0 Å². The van der Waals surface area contributed by atoms with Gasteiger partial charge < -0.3 is 10.3 Å². The van der Waals surface area contributed by atoms with Crippen molar-refractivity contribution in [3.63, 3.8) is 0 Å². The largest absolute Gasteiger partial charge is 0.357 e. The van der Waals surface area contributed by atoms with Gasteiger partial charge in [-0.25, -0.2) is 0 Å². The molecule has 1 aromatic heterocycles. The van der Waals surface area contributed by atoms with Crippen LogP contribution in [0.2, 0.25) is 0 Å². The van der Waals surface area contributed by atoms with Gasteiger partial charge in [-0.05, 0) is 56.8 Å². The molecule has 0 aliphatic carbocycles. The summed E-state index contributed by atoms with van der Waals surface area (Å²) < 4.78 is 0. The molecular formula is C16H22N2. The van der Waals surface area contributed by atoms with Gasteiger partial charge in [0.15, 0.2) is 0 Å². The monoisotopic (exact) mass is 242 g/mol. The van der Waals surface area contributed by atoms with Gasteiger partial charge in [0.05, 0.1) is 0 Å². The maximum absolute atomic E-state index is 3.68. The second-order valence-electron chi connectivity index (χ2n) is 5.60. The van der Waals surface area contributed by atoms with Crippen molar-refractivity contribution >= 4 is 10.9 Å². The molecule has 1 saturated heterocycles. The van der Waals surface area contributed by atoms with Crippen LogP contribution in [-0.4, -0.2) is 11.5 Å². The standard InChI is InChI=1S/C16H22N2/c1-10-7-8-13-12(3)16(18-15(13)11(10)2)14-6-4-5-9-17-14/h7-8,14,17-18H,4-6,9H2,1-3H3. The van der Waals surface area contributed by atoms with Gasteiger partial charge in [-0.15, -0.1) is 0 Å². The molecule has 2 aromatic rings. The van der Waals surface area contributed by atoms with Gasteiger partial charge in [-0.2, -0.15) is 0 Å². The molecule has 0 saturated carbocycles. The third kappa shape index (κ3) is 1.76. The lowest BCUT2D eigenvalue weighted by Crippen LogP contribution is -2.27. The Hall–Kier alpha value is -1.28. The van der Waals surface area contributed by atoms with Crippen LogP contribution >= 0.6 is 0 Å². The molecule has 2 nitrogen and oxygen atoms in total. The van der Waals surface area contributed by atoms with Gasteiger partial charge in [0.2, 0.25) is 0 Å². The maximum atomic E-state index is 3.68. The van der Waals surface area contributed by atoms with Crippen molar-refractivity contribution in [2.45, 2.75) is 46.1 Å². The third-order valence-corrected chi connectivity index (χ3v) is 4.46. The summed E-state index contributed by atoms with van der Waals surface area (Å²) in [5.74, 6) is 0. The molecule has 3 rings (SSSR count). The van der Waals surface area contributed by atoms with Gasteiger partial charge in [-0.1, -0.05) is 18.6 Å². The molecule has 1 aromatic carbocycles. The molecule has 2 N–H and O–H groups in total. The van der Waals surface area contributed by atoms with E-state index < -0.39 is 0 Å². The fourth-order valence-electron chi connectivity index (χ4n) is 3.11. The van der Waals surface area contributed by atoms with Crippen LogP contribution in [-0.2, 0) is 0 Å². The average Bonchev–Trinajstić information content (AvgIpc) is 2.73. The van der Waals surface area contributed by atoms with E-state index in [2.05, 4.69) is 43.2 Å². The molecule has 0 spiro atoms. The normalized spacial score (nSPS) is 20.5. The van der Waals surface area contributed by atoms with E-state index in [-0.39, 0.29) is 0 Å². The molecule has 1 unspecified atom stereocenters. The van der Waals surface area contributed by atoms with Gasteiger partial charge in [-0.3, -0.25) is 0 Å². The molecule has 1 atom stereocenters. The number of aromatic amines is 1. The maximum Gasteiger partial charge on any atom is 0.0491 e. The van der Waals surface area contributed by atoms with Crippen LogP contribution in [0.25, 0.3) is 10.9 Å². The molecule has 0 bridgehead atoms. The Morgan fingerprint density at radius 2 is 1.89 bits per heavy atom. The second kappa shape index (κ2) is 4.43. The quantitative estimate of drug-likeness (QED) is 0.779. The van der Waals surface area contributed by atoms with Gasteiger partial charge in [0.1, 0.15) is 0 Å². The summed E-state index contributed by atoms with van der Waals surface area (Å²) in [6, 6.07) is 5.01. The summed E-state index contributed by atoms with van der Waals surface area (Å²) in [4.78, 5) is 3.68. The van der Waals surface area contributed by atoms with E-state index in [1.54, 1.807) is 0 Å². The Balaban J connectivity index is 2.13. The van der Waals surface area contributed by atoms with Crippen molar-refractivity contribution in [3.8, 4) is 0 Å². The minimum absolute atomic E-state index is 0.519. The first-order valence-corrected chi connectivity index (χ1v) is 7.00. The zero-order chi connectivity index (χ0) is 12.7. The molecule has 1 aliphatic rings. The fourth-order valence-corrected chi connectivity index (χ4v) is 3.11. The van der Waals surface area contributed by atoms with Crippen molar-refractivity contribution < 1.29 is 0 Å². The number of aryl methyl sites for hydroxylation is 3. The summed E-state index contributed by atoms with van der Waals surface area (Å²) >= 11 is 0. The zero-order valence-corrected chi connectivity index (χ0v) is 11.6. The van der Waals surface area contributed by atoms with E-state index in [1.807, 2.05) is 0 Å². The van der Waals surface area contributed by atoms with Crippen molar-refractivity contribution in [2.24, 2.45) is 0 Å². The molecular weight excluding hydrogens is 220 g/mol. The van der Waals surface area contributed by atoms with Crippen LogP contribution in [0, 0.1) is 20.8 Å². The lowest BCUT2D eigenvalue weighted by atomic mass is 9.98. The Morgan fingerprint density at radius 1 is 1.06 bits per heavy atom. The number of nitrogens with one attached hydrogen (secondary N) is 2. The highest BCUT2D eigenvalue weighted by atomic mass is 15.0. The molecule has 1 aliphatic heterocycles. The molecule has 96 valence electrons. The third-order valence-electron chi connectivity index (χ3n) is 4.46. The van der Waals surface area contributed by atoms with Crippen LogP contribution in [0.3, 0.4) is 0 Å². The topological polar surface area (TPSA) is 27.8 Å². The number of aromatic nitrogens is 1. The second-order valence-corrected chi connectivity index (χ2v) is 5.60. The molecule has 0 radical (unpaired) electrons. The van der Waals surface area contributed by atoms with E-state index in [9.17, 15) is 0 Å². The minimum atomic E-state index is 0.519. The Morgan fingerprint density at radius 3 is 2.61 bits per heavy atom. The first-order chi connectivity index (χ1) is 8.68. The molecule has 0 amide bonds. The SMILES string of the molecule is Cc1ccc2c(C)c(C3CCCCN3)[nH]c2c1C. The van der Waals surface area contributed by atoms with Crippen LogP contribution in [0.1, 0.15) is 47.7 Å². The number of rotatable bonds is 1. The summed E-state index contributed by atoms with van der Waals surface area (Å²) in [5, 5.41) is 5.03. The number of benzene rings is 1. The van der Waals surface area contributed by atoms with Crippen molar-refractivity contribution in [2.75, 3.05) is 6.54 Å². The highest BCUT2D eigenvalue weighted by molar-refractivity contribution is 5.88. The highest BCUT2D eigenvalue weighted by Gasteiger charge is 2.20. The number of hydrogen-bond donors (Lipinski definition) is 2. The molecule has 1 fully saturated rings. The molecule has 2 heterocycles. The predicted molar refractivity (Wildman–Crippen MR) is 77.1 cm³/mol. The first-order valence-electron chi connectivity index (χ1n) is 7.00. The summed E-state index contributed by atoms with van der Waals surface area (Å²) in [5.41, 5.74) is 6.91. The van der Waals surface area contributed by atoms with Crippen LogP contribution in [0.15, 0.2) is 12.1 Å². The van der Waals surface area contributed by atoms with Crippen LogP contribution < -0.4 is 5.32 Å². The van der Waals surface area contributed by atoms with E-state index in [1.165, 1.54) is 52.5 Å². The molecule has 2 heteroatoms. The van der Waals surface area contributed by atoms with Gasteiger partial charge >= 0.3 is 0 Å². The van der Waals surface area contributed by atoms with Crippen molar-refractivity contribution in [3.05, 3.63) is 34.5 Å². The summed E-state index contributed by atoms with van der Waals surface area (Å²) in [6.07, 6.45) is 3.91. The smallest absolute Gasteiger partial charge is 0.0491 e. The molecule has 18 heavy (non-hydrogen) atoms. The summed E-state index contributed by atoms with van der Waals surface area (Å²) in [7, 11) is 0. The Kier molecular flexibility index (Phi) is 2.90. The highest BCUT2D eigenvalue weighted by Crippen LogP contribution is 2.32. The number of fused-ring (bicyclic) bond motifs is 1. The zero-order valence-electron chi connectivity index (χ0n) is 11.6. The number of H-pyrrole nitrogens is 1. The first kappa shape index (κ1) is 11.8. The Labute approximate surface area is 109 Å². The fraction of sp³-hybridized carbons (Fsp3) is 0.500. The van der Waals surface area contributed by atoms with E-state index in [0.717, 1.165) is 6.54 Å². The van der Waals surface area contributed by atoms with Gasteiger partial charge in [0, 0.05) is 22.6 Å². The predicted octanol–water partition coefficient (Wildman–Crippen LogP) is 3.91. The van der Waals surface area contributed by atoms with Crippen LogP contribution in [0.4, 0.5) is 0 Å².